The molecule has 3 aliphatic heterocycles. The number of carboxylic acid groups (broad SMARTS) is 1. The minimum atomic E-state index is -1.32. The van der Waals surface area contributed by atoms with Crippen molar-refractivity contribution in [1.29, 1.82) is 0 Å². The fourth-order valence-electron chi connectivity index (χ4n) is 6.91. The number of carbonyl (C=O) groups excluding carboxylic acids is 2. The molecule has 0 aromatic heterocycles. The second-order valence-corrected chi connectivity index (χ2v) is 10.8. The Morgan fingerprint density at radius 1 is 1.21 bits per heavy atom. The molecular formula is C30H34N2O7. The number of aliphatic hydroxyl groups excluding tert-OH is 1. The number of ether oxygens (including phenoxy) is 2. The SMILES string of the molecule is C=CCN(C(=O)C1N([C@@H](CO)Cc2ccccc2)C(=O)[C@@H]2[C@@H](C(=O)O)[C@@]3(C)CCC12O3)c1ccc(OC)cc1. The summed E-state index contributed by atoms with van der Waals surface area (Å²) in [4.78, 5) is 44.2. The Morgan fingerprint density at radius 3 is 2.49 bits per heavy atom. The van der Waals surface area contributed by atoms with Gasteiger partial charge in [0.25, 0.3) is 5.91 Å². The lowest BCUT2D eigenvalue weighted by Gasteiger charge is -2.39. The van der Waals surface area contributed by atoms with Crippen LogP contribution in [-0.2, 0) is 25.5 Å². The molecule has 0 aliphatic carbocycles. The van der Waals surface area contributed by atoms with Crippen molar-refractivity contribution in [1.82, 2.24) is 4.90 Å². The van der Waals surface area contributed by atoms with Crippen LogP contribution in [0, 0.1) is 11.8 Å². The summed E-state index contributed by atoms with van der Waals surface area (Å²) in [5, 5.41) is 20.7. The number of aliphatic carboxylic acids is 1. The third-order valence-corrected chi connectivity index (χ3v) is 8.59. The van der Waals surface area contributed by atoms with Gasteiger partial charge in [0.05, 0.1) is 37.2 Å². The molecule has 0 radical (unpaired) electrons. The molecule has 2 aromatic carbocycles. The Kier molecular flexibility index (Phi) is 6.99. The average molecular weight is 535 g/mol. The summed E-state index contributed by atoms with van der Waals surface area (Å²) in [5.41, 5.74) is -0.920. The quantitative estimate of drug-likeness (QED) is 0.450. The van der Waals surface area contributed by atoms with Crippen molar-refractivity contribution < 1.29 is 34.1 Å². The van der Waals surface area contributed by atoms with E-state index in [2.05, 4.69) is 6.58 Å². The molecule has 5 rings (SSSR count). The van der Waals surface area contributed by atoms with E-state index in [4.69, 9.17) is 9.47 Å². The van der Waals surface area contributed by atoms with Gasteiger partial charge in [-0.05, 0) is 56.0 Å². The first-order valence-electron chi connectivity index (χ1n) is 13.2. The standard InChI is InChI=1S/C30H34N2O7/c1-4-16-31(20-10-12-22(38-3)13-11-20)27(35)25-30-15-14-29(2,39-30)24(28(36)37)23(30)26(34)32(25)21(18-33)17-19-8-6-5-7-9-19/h4-13,21,23-25,33H,1,14-18H2,2-3H3,(H,36,37)/t21-,23+,24+,25?,29-,30?/m1/s1. The smallest absolute Gasteiger partial charge is 0.310 e. The van der Waals surface area contributed by atoms with Crippen LogP contribution in [0.3, 0.4) is 0 Å². The fourth-order valence-corrected chi connectivity index (χ4v) is 6.91. The first-order valence-corrected chi connectivity index (χ1v) is 13.2. The monoisotopic (exact) mass is 534 g/mol. The molecule has 3 fully saturated rings. The van der Waals surface area contributed by atoms with Crippen LogP contribution >= 0.6 is 0 Å². The topological polar surface area (TPSA) is 117 Å². The number of hydrogen-bond donors (Lipinski definition) is 2. The fraction of sp³-hybridized carbons (Fsp3) is 0.433. The van der Waals surface area contributed by atoms with Gasteiger partial charge in [-0.3, -0.25) is 14.4 Å². The predicted molar refractivity (Wildman–Crippen MR) is 143 cm³/mol. The first-order chi connectivity index (χ1) is 18.7. The average Bonchev–Trinajstić information content (AvgIpc) is 3.51. The minimum absolute atomic E-state index is 0.159. The number of anilines is 1. The minimum Gasteiger partial charge on any atom is -0.497 e. The zero-order chi connectivity index (χ0) is 27.9. The Hall–Kier alpha value is -3.69. The lowest BCUT2D eigenvalue weighted by atomic mass is 9.66. The van der Waals surface area contributed by atoms with Crippen molar-refractivity contribution in [2.45, 2.75) is 49.5 Å². The number of amides is 2. The summed E-state index contributed by atoms with van der Waals surface area (Å²) in [6.07, 6.45) is 2.68. The Balaban J connectivity index is 1.62. The predicted octanol–water partition coefficient (Wildman–Crippen LogP) is 2.67. The maximum absolute atomic E-state index is 14.6. The molecule has 2 unspecified atom stereocenters. The van der Waals surface area contributed by atoms with E-state index in [0.29, 0.717) is 30.7 Å². The van der Waals surface area contributed by atoms with Crippen LogP contribution in [0.1, 0.15) is 25.3 Å². The number of carbonyl (C=O) groups is 3. The molecule has 0 saturated carbocycles. The second kappa shape index (κ2) is 10.1. The molecule has 3 saturated heterocycles. The summed E-state index contributed by atoms with van der Waals surface area (Å²) < 4.78 is 11.8. The molecular weight excluding hydrogens is 500 g/mol. The molecule has 3 heterocycles. The number of benzene rings is 2. The van der Waals surface area contributed by atoms with E-state index < -0.39 is 59.5 Å². The number of aliphatic hydroxyl groups is 1. The molecule has 2 bridgehead atoms. The maximum Gasteiger partial charge on any atom is 0.310 e. The molecule has 1 spiro atoms. The van der Waals surface area contributed by atoms with Gasteiger partial charge in [-0.1, -0.05) is 36.4 Å². The van der Waals surface area contributed by atoms with Crippen LogP contribution in [0.25, 0.3) is 0 Å². The van der Waals surface area contributed by atoms with Crippen LogP contribution in [0.15, 0.2) is 67.3 Å². The Labute approximate surface area is 227 Å². The number of carboxylic acids is 1. The van der Waals surface area contributed by atoms with Gasteiger partial charge in [-0.15, -0.1) is 6.58 Å². The number of rotatable bonds is 10. The maximum atomic E-state index is 14.6. The summed E-state index contributed by atoms with van der Waals surface area (Å²) in [6.45, 7) is 5.30. The number of likely N-dealkylation sites (tertiary alicyclic amines) is 1. The molecule has 39 heavy (non-hydrogen) atoms. The molecule has 2 amide bonds. The largest absolute Gasteiger partial charge is 0.497 e. The van der Waals surface area contributed by atoms with Crippen molar-refractivity contribution >= 4 is 23.5 Å². The van der Waals surface area contributed by atoms with E-state index >= 15 is 0 Å². The Bertz CT molecular complexity index is 1270. The van der Waals surface area contributed by atoms with E-state index in [9.17, 15) is 24.6 Å². The highest BCUT2D eigenvalue weighted by Crippen LogP contribution is 2.63. The summed E-state index contributed by atoms with van der Waals surface area (Å²) in [7, 11) is 1.55. The molecule has 9 nitrogen and oxygen atoms in total. The lowest BCUT2D eigenvalue weighted by molar-refractivity contribution is -0.155. The van der Waals surface area contributed by atoms with Crippen LogP contribution in [0.2, 0.25) is 0 Å². The van der Waals surface area contributed by atoms with Gasteiger partial charge in [-0.2, -0.15) is 0 Å². The van der Waals surface area contributed by atoms with E-state index in [-0.39, 0.29) is 6.54 Å². The molecule has 206 valence electrons. The van der Waals surface area contributed by atoms with Gasteiger partial charge in [0.15, 0.2) is 0 Å². The van der Waals surface area contributed by atoms with Gasteiger partial charge in [0.2, 0.25) is 5.91 Å². The Morgan fingerprint density at radius 2 is 1.90 bits per heavy atom. The van der Waals surface area contributed by atoms with Crippen molar-refractivity contribution in [3.8, 4) is 5.75 Å². The van der Waals surface area contributed by atoms with Crippen LogP contribution in [0.4, 0.5) is 5.69 Å². The van der Waals surface area contributed by atoms with Crippen molar-refractivity contribution in [2.75, 3.05) is 25.2 Å². The van der Waals surface area contributed by atoms with E-state index in [1.54, 1.807) is 44.4 Å². The van der Waals surface area contributed by atoms with Crippen LogP contribution in [-0.4, -0.2) is 76.4 Å². The van der Waals surface area contributed by atoms with Gasteiger partial charge in [0.1, 0.15) is 17.4 Å². The highest BCUT2D eigenvalue weighted by Gasteiger charge is 2.78. The number of hydrogen-bond acceptors (Lipinski definition) is 6. The second-order valence-electron chi connectivity index (χ2n) is 10.8. The molecule has 9 heteroatoms. The van der Waals surface area contributed by atoms with Crippen molar-refractivity contribution in [3.63, 3.8) is 0 Å². The zero-order valence-corrected chi connectivity index (χ0v) is 22.2. The van der Waals surface area contributed by atoms with Crippen molar-refractivity contribution in [3.05, 3.63) is 72.8 Å². The number of fused-ring (bicyclic) bond motifs is 1. The number of methoxy groups -OCH3 is 1. The third kappa shape index (κ3) is 4.20. The number of nitrogens with zero attached hydrogens (tertiary/aromatic N) is 2. The van der Waals surface area contributed by atoms with Crippen LogP contribution < -0.4 is 9.64 Å². The summed E-state index contributed by atoms with van der Waals surface area (Å²) >= 11 is 0. The highest BCUT2D eigenvalue weighted by molar-refractivity contribution is 6.05. The van der Waals surface area contributed by atoms with Gasteiger partial charge >= 0.3 is 5.97 Å². The molecule has 2 N–H and O–H groups in total. The van der Waals surface area contributed by atoms with Crippen molar-refractivity contribution in [2.24, 2.45) is 11.8 Å². The summed E-state index contributed by atoms with van der Waals surface area (Å²) in [6, 6.07) is 14.5. The molecule has 6 atom stereocenters. The molecule has 3 aliphatic rings. The van der Waals surface area contributed by atoms with Crippen LogP contribution in [0.5, 0.6) is 5.75 Å². The van der Waals surface area contributed by atoms with E-state index in [1.165, 1.54) is 9.80 Å². The molecule has 2 aromatic rings. The zero-order valence-electron chi connectivity index (χ0n) is 22.2. The lowest BCUT2D eigenvalue weighted by Crippen LogP contribution is -2.59. The first kappa shape index (κ1) is 26.9. The highest BCUT2D eigenvalue weighted by atomic mass is 16.5. The summed E-state index contributed by atoms with van der Waals surface area (Å²) in [5.74, 6) is -3.49. The van der Waals surface area contributed by atoms with E-state index in [1.807, 2.05) is 30.3 Å². The van der Waals surface area contributed by atoms with E-state index in [0.717, 1.165) is 5.56 Å². The van der Waals surface area contributed by atoms with Gasteiger partial charge in [0, 0.05) is 12.2 Å². The van der Waals surface area contributed by atoms with Gasteiger partial charge < -0.3 is 29.5 Å². The third-order valence-electron chi connectivity index (χ3n) is 8.59. The normalized spacial score (nSPS) is 29.7. The van der Waals surface area contributed by atoms with Gasteiger partial charge in [-0.25, -0.2) is 0 Å².